The zero-order chi connectivity index (χ0) is 16.3. The summed E-state index contributed by atoms with van der Waals surface area (Å²) in [7, 11) is 0. The average Bonchev–Trinajstić information content (AvgIpc) is 3.37. The maximum absolute atomic E-state index is 13.1. The molecule has 3 rings (SSSR count). The molecule has 1 aliphatic carbocycles. The number of hydrogen-bond donors (Lipinski definition) is 1. The van der Waals surface area contributed by atoms with E-state index in [-0.39, 0.29) is 24.9 Å². The van der Waals surface area contributed by atoms with Crippen molar-refractivity contribution in [1.82, 2.24) is 9.88 Å². The molecule has 0 unspecified atom stereocenters. The first kappa shape index (κ1) is 15.6. The lowest BCUT2D eigenvalue weighted by Crippen LogP contribution is -2.40. The minimum atomic E-state index is -0.564. The van der Waals surface area contributed by atoms with Crippen molar-refractivity contribution in [2.24, 2.45) is 0 Å². The smallest absolute Gasteiger partial charge is 0.233 e. The van der Waals surface area contributed by atoms with Crippen LogP contribution in [0.4, 0.5) is 4.39 Å². The number of aliphatic hydroxyl groups is 1. The molecule has 1 aliphatic rings. The van der Waals surface area contributed by atoms with Crippen LogP contribution in [0.15, 0.2) is 48.8 Å². The highest BCUT2D eigenvalue weighted by molar-refractivity contribution is 5.91. The summed E-state index contributed by atoms with van der Waals surface area (Å²) in [6, 6.07) is 9.87. The summed E-state index contributed by atoms with van der Waals surface area (Å²) in [6.45, 7) is 0.596. The monoisotopic (exact) mass is 314 g/mol. The molecule has 1 saturated carbocycles. The number of benzene rings is 1. The number of halogens is 1. The van der Waals surface area contributed by atoms with Crippen LogP contribution in [0.3, 0.4) is 0 Å². The Morgan fingerprint density at radius 2 is 2.00 bits per heavy atom. The number of rotatable bonds is 6. The van der Waals surface area contributed by atoms with E-state index < -0.39 is 5.41 Å². The Labute approximate surface area is 134 Å². The maximum atomic E-state index is 13.1. The van der Waals surface area contributed by atoms with Crippen LogP contribution in [0, 0.1) is 5.82 Å². The molecular weight excluding hydrogens is 295 g/mol. The Morgan fingerprint density at radius 3 is 2.57 bits per heavy atom. The molecule has 0 spiro atoms. The number of aromatic nitrogens is 1. The Bertz CT molecular complexity index is 669. The highest BCUT2D eigenvalue weighted by Crippen LogP contribution is 2.49. The Kier molecular flexibility index (Phi) is 4.39. The van der Waals surface area contributed by atoms with Gasteiger partial charge in [0.25, 0.3) is 0 Å². The Hall–Kier alpha value is -2.27. The van der Waals surface area contributed by atoms with Gasteiger partial charge in [0.15, 0.2) is 0 Å². The summed E-state index contributed by atoms with van der Waals surface area (Å²) in [5.74, 6) is -0.318. The highest BCUT2D eigenvalue weighted by atomic mass is 19.1. The van der Waals surface area contributed by atoms with Crippen LogP contribution in [0.25, 0.3) is 0 Å². The van der Waals surface area contributed by atoms with E-state index in [1.807, 2.05) is 12.1 Å². The van der Waals surface area contributed by atoms with Gasteiger partial charge in [-0.25, -0.2) is 4.39 Å². The first-order chi connectivity index (χ1) is 11.2. The first-order valence-electron chi connectivity index (χ1n) is 7.71. The molecule has 1 aromatic carbocycles. The van der Waals surface area contributed by atoms with Gasteiger partial charge in [0, 0.05) is 25.5 Å². The van der Waals surface area contributed by atoms with E-state index in [0.29, 0.717) is 6.54 Å². The molecule has 1 fully saturated rings. The third-order valence-electron chi connectivity index (χ3n) is 4.31. The molecule has 4 nitrogen and oxygen atoms in total. The fourth-order valence-electron chi connectivity index (χ4n) is 2.91. The summed E-state index contributed by atoms with van der Waals surface area (Å²) in [5, 5.41) is 9.30. The molecule has 1 amide bonds. The van der Waals surface area contributed by atoms with Crippen LogP contribution in [-0.4, -0.2) is 34.0 Å². The van der Waals surface area contributed by atoms with E-state index in [1.54, 1.807) is 29.4 Å². The van der Waals surface area contributed by atoms with Gasteiger partial charge in [0.05, 0.1) is 12.0 Å². The summed E-state index contributed by atoms with van der Waals surface area (Å²) in [5.41, 5.74) is 1.20. The van der Waals surface area contributed by atoms with Gasteiger partial charge in [0.2, 0.25) is 5.91 Å². The molecular formula is C18H19FN2O2. The van der Waals surface area contributed by atoms with Gasteiger partial charge >= 0.3 is 0 Å². The zero-order valence-electron chi connectivity index (χ0n) is 12.8. The minimum Gasteiger partial charge on any atom is -0.395 e. The number of pyridine rings is 1. The molecule has 0 aliphatic heterocycles. The predicted octanol–water partition coefficient (Wildman–Crippen LogP) is 2.27. The number of carbonyl (C=O) groups excluding carboxylic acids is 1. The second-order valence-corrected chi connectivity index (χ2v) is 5.90. The van der Waals surface area contributed by atoms with E-state index in [1.165, 1.54) is 12.1 Å². The van der Waals surface area contributed by atoms with Crippen LogP contribution < -0.4 is 0 Å². The van der Waals surface area contributed by atoms with E-state index in [2.05, 4.69) is 4.98 Å². The van der Waals surface area contributed by atoms with E-state index in [0.717, 1.165) is 24.0 Å². The second-order valence-electron chi connectivity index (χ2n) is 5.90. The predicted molar refractivity (Wildman–Crippen MR) is 84.1 cm³/mol. The summed E-state index contributed by atoms with van der Waals surface area (Å²) >= 11 is 0. The molecule has 0 radical (unpaired) electrons. The first-order valence-corrected chi connectivity index (χ1v) is 7.71. The van der Waals surface area contributed by atoms with E-state index in [9.17, 15) is 14.3 Å². The molecule has 1 aromatic heterocycles. The van der Waals surface area contributed by atoms with Crippen molar-refractivity contribution in [1.29, 1.82) is 0 Å². The van der Waals surface area contributed by atoms with Crippen molar-refractivity contribution in [3.63, 3.8) is 0 Å². The molecule has 1 heterocycles. The molecule has 1 N–H and O–H groups in total. The molecule has 0 saturated heterocycles. The van der Waals surface area contributed by atoms with Crippen molar-refractivity contribution in [3.8, 4) is 0 Å². The normalized spacial score (nSPS) is 15.2. The number of nitrogens with zero attached hydrogens (tertiary/aromatic N) is 2. The lowest BCUT2D eigenvalue weighted by molar-refractivity contribution is -0.135. The average molecular weight is 314 g/mol. The van der Waals surface area contributed by atoms with Gasteiger partial charge in [-0.05, 0) is 42.2 Å². The van der Waals surface area contributed by atoms with Gasteiger partial charge in [-0.15, -0.1) is 0 Å². The molecule has 5 heteroatoms. The Morgan fingerprint density at radius 1 is 1.26 bits per heavy atom. The SMILES string of the molecule is O=C(N(CCO)Cc1cccnc1)C1(c2ccc(F)cc2)CC1. The van der Waals surface area contributed by atoms with Crippen molar-refractivity contribution >= 4 is 5.91 Å². The number of aliphatic hydroxyl groups excluding tert-OH is 1. The number of hydrogen-bond acceptors (Lipinski definition) is 3. The molecule has 2 aromatic rings. The van der Waals surface area contributed by atoms with Crippen molar-refractivity contribution < 1.29 is 14.3 Å². The largest absolute Gasteiger partial charge is 0.395 e. The zero-order valence-corrected chi connectivity index (χ0v) is 12.8. The Balaban J connectivity index is 1.82. The minimum absolute atomic E-state index is 0.0120. The van der Waals surface area contributed by atoms with Gasteiger partial charge in [-0.2, -0.15) is 0 Å². The van der Waals surface area contributed by atoms with Crippen LogP contribution in [0.5, 0.6) is 0 Å². The lowest BCUT2D eigenvalue weighted by atomic mass is 9.94. The number of carbonyl (C=O) groups is 1. The molecule has 23 heavy (non-hydrogen) atoms. The van der Waals surface area contributed by atoms with Crippen molar-refractivity contribution in [2.45, 2.75) is 24.8 Å². The fraction of sp³-hybridized carbons (Fsp3) is 0.333. The van der Waals surface area contributed by atoms with Crippen LogP contribution in [0.1, 0.15) is 24.0 Å². The van der Waals surface area contributed by atoms with Gasteiger partial charge < -0.3 is 10.0 Å². The number of amides is 1. The lowest BCUT2D eigenvalue weighted by Gasteiger charge is -2.27. The van der Waals surface area contributed by atoms with Crippen LogP contribution >= 0.6 is 0 Å². The summed E-state index contributed by atoms with van der Waals surface area (Å²) in [6.07, 6.45) is 4.91. The standard InChI is InChI=1S/C18H19FN2O2/c19-16-5-3-15(4-6-16)18(7-8-18)17(23)21(10-11-22)13-14-2-1-9-20-12-14/h1-6,9,12,22H,7-8,10-11,13H2. The highest BCUT2D eigenvalue weighted by Gasteiger charge is 2.52. The molecule has 0 atom stereocenters. The van der Waals surface area contributed by atoms with Gasteiger partial charge in [-0.3, -0.25) is 9.78 Å². The van der Waals surface area contributed by atoms with Gasteiger partial charge in [-0.1, -0.05) is 18.2 Å². The van der Waals surface area contributed by atoms with Crippen molar-refractivity contribution in [2.75, 3.05) is 13.2 Å². The summed E-state index contributed by atoms with van der Waals surface area (Å²) < 4.78 is 13.1. The van der Waals surface area contributed by atoms with E-state index in [4.69, 9.17) is 0 Å². The van der Waals surface area contributed by atoms with Crippen LogP contribution in [0.2, 0.25) is 0 Å². The van der Waals surface area contributed by atoms with Gasteiger partial charge in [0.1, 0.15) is 5.82 Å². The molecule has 0 bridgehead atoms. The third kappa shape index (κ3) is 3.24. The molecule has 120 valence electrons. The van der Waals surface area contributed by atoms with Crippen LogP contribution in [-0.2, 0) is 16.8 Å². The van der Waals surface area contributed by atoms with Crippen molar-refractivity contribution in [3.05, 3.63) is 65.7 Å². The third-order valence-corrected chi connectivity index (χ3v) is 4.31. The fourth-order valence-corrected chi connectivity index (χ4v) is 2.91. The second kappa shape index (κ2) is 6.46. The van der Waals surface area contributed by atoms with E-state index >= 15 is 0 Å². The quantitative estimate of drug-likeness (QED) is 0.890. The maximum Gasteiger partial charge on any atom is 0.233 e. The summed E-state index contributed by atoms with van der Waals surface area (Å²) in [4.78, 5) is 18.7. The topological polar surface area (TPSA) is 53.4 Å².